The first kappa shape index (κ1) is 11.7. The van der Waals surface area contributed by atoms with Gasteiger partial charge in [0, 0.05) is 12.1 Å². The zero-order chi connectivity index (χ0) is 11.1. The van der Waals surface area contributed by atoms with Gasteiger partial charge in [0.15, 0.2) is 0 Å². The molecular formula is C12H16FNO. The second-order valence-corrected chi connectivity index (χ2v) is 3.24. The summed E-state index contributed by atoms with van der Waals surface area (Å²) in [7, 11) is 0. The molecule has 2 N–H and O–H groups in total. The summed E-state index contributed by atoms with van der Waals surface area (Å²) in [4.78, 5) is 0. The quantitative estimate of drug-likeness (QED) is 0.577. The van der Waals surface area contributed by atoms with Crippen LogP contribution < -0.4 is 10.5 Å². The van der Waals surface area contributed by atoms with Gasteiger partial charge < -0.3 is 10.5 Å². The van der Waals surface area contributed by atoms with Gasteiger partial charge >= 0.3 is 0 Å². The van der Waals surface area contributed by atoms with Crippen molar-refractivity contribution in [3.63, 3.8) is 0 Å². The van der Waals surface area contributed by atoms with Crippen molar-refractivity contribution in [2.45, 2.75) is 19.4 Å². The maximum absolute atomic E-state index is 12.9. The van der Waals surface area contributed by atoms with Crippen LogP contribution in [0.2, 0.25) is 0 Å². The van der Waals surface area contributed by atoms with Gasteiger partial charge in [-0.3, -0.25) is 0 Å². The highest BCUT2D eigenvalue weighted by Gasteiger charge is 2.03. The largest absolute Gasteiger partial charge is 0.493 e. The smallest absolute Gasteiger partial charge is 0.123 e. The molecular weight excluding hydrogens is 193 g/mol. The van der Waals surface area contributed by atoms with Gasteiger partial charge in [-0.15, -0.1) is 6.58 Å². The average molecular weight is 209 g/mol. The lowest BCUT2D eigenvalue weighted by Gasteiger charge is -2.09. The van der Waals surface area contributed by atoms with Crippen molar-refractivity contribution in [2.75, 3.05) is 6.61 Å². The predicted octanol–water partition coefficient (Wildman–Crippen LogP) is 2.63. The van der Waals surface area contributed by atoms with Gasteiger partial charge in [-0.2, -0.15) is 0 Å². The minimum absolute atomic E-state index is 0.283. The summed E-state index contributed by atoms with van der Waals surface area (Å²) in [6, 6.07) is 4.40. The predicted molar refractivity (Wildman–Crippen MR) is 59.2 cm³/mol. The van der Waals surface area contributed by atoms with E-state index in [2.05, 4.69) is 6.58 Å². The fourth-order valence-corrected chi connectivity index (χ4v) is 1.26. The molecule has 0 aliphatic rings. The van der Waals surface area contributed by atoms with Crippen molar-refractivity contribution >= 4 is 0 Å². The van der Waals surface area contributed by atoms with Crippen LogP contribution in [0.25, 0.3) is 0 Å². The molecule has 0 aliphatic heterocycles. The molecule has 0 atom stereocenters. The highest BCUT2D eigenvalue weighted by Crippen LogP contribution is 2.19. The standard InChI is InChI=1S/C12H16FNO/c1-2-3-4-7-15-12-6-5-11(13)8-10(12)9-14/h2,5-6,8H,1,3-4,7,9,14H2. The van der Waals surface area contributed by atoms with E-state index in [-0.39, 0.29) is 12.4 Å². The van der Waals surface area contributed by atoms with Crippen LogP contribution in [0.5, 0.6) is 5.75 Å². The third kappa shape index (κ3) is 3.72. The minimum Gasteiger partial charge on any atom is -0.493 e. The van der Waals surface area contributed by atoms with E-state index in [9.17, 15) is 4.39 Å². The van der Waals surface area contributed by atoms with Crippen molar-refractivity contribution in [3.05, 3.63) is 42.2 Å². The topological polar surface area (TPSA) is 35.2 Å². The molecule has 2 nitrogen and oxygen atoms in total. The molecule has 1 rings (SSSR count). The van der Waals surface area contributed by atoms with Crippen molar-refractivity contribution < 1.29 is 9.13 Å². The molecule has 15 heavy (non-hydrogen) atoms. The van der Waals surface area contributed by atoms with Gasteiger partial charge in [0.2, 0.25) is 0 Å². The number of benzene rings is 1. The lowest BCUT2D eigenvalue weighted by atomic mass is 10.2. The van der Waals surface area contributed by atoms with Crippen LogP contribution in [0.4, 0.5) is 4.39 Å². The Bertz CT molecular complexity index is 325. The third-order valence-corrected chi connectivity index (χ3v) is 2.05. The van der Waals surface area contributed by atoms with Crippen molar-refractivity contribution in [1.29, 1.82) is 0 Å². The van der Waals surface area contributed by atoms with E-state index in [1.165, 1.54) is 12.1 Å². The molecule has 0 bridgehead atoms. The second-order valence-electron chi connectivity index (χ2n) is 3.24. The minimum atomic E-state index is -0.283. The Morgan fingerprint density at radius 1 is 1.47 bits per heavy atom. The number of nitrogens with two attached hydrogens (primary N) is 1. The molecule has 1 aromatic rings. The first-order valence-electron chi connectivity index (χ1n) is 5.00. The highest BCUT2D eigenvalue weighted by atomic mass is 19.1. The summed E-state index contributed by atoms with van der Waals surface area (Å²) in [6.07, 6.45) is 3.67. The van der Waals surface area contributed by atoms with E-state index in [1.54, 1.807) is 6.07 Å². The molecule has 0 spiro atoms. The van der Waals surface area contributed by atoms with Gasteiger partial charge in [-0.05, 0) is 31.0 Å². The Balaban J connectivity index is 2.55. The molecule has 0 aliphatic carbocycles. The molecule has 82 valence electrons. The van der Waals surface area contributed by atoms with Crippen LogP contribution in [0.1, 0.15) is 18.4 Å². The Hall–Kier alpha value is -1.35. The summed E-state index contributed by atoms with van der Waals surface area (Å²) in [5.74, 6) is 0.386. The van der Waals surface area contributed by atoms with Crippen LogP contribution >= 0.6 is 0 Å². The van der Waals surface area contributed by atoms with E-state index >= 15 is 0 Å². The number of hydrogen-bond acceptors (Lipinski definition) is 2. The third-order valence-electron chi connectivity index (χ3n) is 2.05. The normalized spacial score (nSPS) is 10.0. The van der Waals surface area contributed by atoms with E-state index in [4.69, 9.17) is 10.5 Å². The van der Waals surface area contributed by atoms with Crippen molar-refractivity contribution in [1.82, 2.24) is 0 Å². The Kier molecular flexibility index (Phi) is 4.84. The molecule has 0 aromatic heterocycles. The molecule has 0 radical (unpaired) electrons. The molecule has 0 heterocycles. The SMILES string of the molecule is C=CCCCOc1ccc(F)cc1CN. The average Bonchev–Trinajstić information content (AvgIpc) is 2.26. The van der Waals surface area contributed by atoms with Crippen LogP contribution in [-0.2, 0) is 6.54 Å². The van der Waals surface area contributed by atoms with Gasteiger partial charge in [0.05, 0.1) is 6.61 Å². The maximum Gasteiger partial charge on any atom is 0.123 e. The zero-order valence-electron chi connectivity index (χ0n) is 8.71. The molecule has 0 fully saturated rings. The van der Waals surface area contributed by atoms with Crippen LogP contribution in [0.3, 0.4) is 0 Å². The Morgan fingerprint density at radius 3 is 2.93 bits per heavy atom. The molecule has 0 unspecified atom stereocenters. The fraction of sp³-hybridized carbons (Fsp3) is 0.333. The molecule has 1 aromatic carbocycles. The van der Waals surface area contributed by atoms with Gasteiger partial charge in [0.25, 0.3) is 0 Å². The fourth-order valence-electron chi connectivity index (χ4n) is 1.26. The number of rotatable bonds is 6. The second kappa shape index (κ2) is 6.19. The maximum atomic E-state index is 12.9. The summed E-state index contributed by atoms with van der Waals surface area (Å²) in [5.41, 5.74) is 6.19. The van der Waals surface area contributed by atoms with Crippen molar-refractivity contribution in [3.8, 4) is 5.75 Å². The van der Waals surface area contributed by atoms with Crippen LogP contribution in [0, 0.1) is 5.82 Å². The Labute approximate surface area is 89.6 Å². The lowest BCUT2D eigenvalue weighted by Crippen LogP contribution is -2.04. The first-order valence-corrected chi connectivity index (χ1v) is 5.00. The first-order chi connectivity index (χ1) is 7.27. The van der Waals surface area contributed by atoms with E-state index < -0.39 is 0 Å². The summed E-state index contributed by atoms with van der Waals surface area (Å²) in [6.45, 7) is 4.51. The summed E-state index contributed by atoms with van der Waals surface area (Å²) < 4.78 is 18.3. The van der Waals surface area contributed by atoms with Crippen LogP contribution in [-0.4, -0.2) is 6.61 Å². The van der Waals surface area contributed by atoms with Crippen molar-refractivity contribution in [2.24, 2.45) is 5.73 Å². The molecule has 0 saturated carbocycles. The number of allylic oxidation sites excluding steroid dienone is 1. The summed E-state index contributed by atoms with van der Waals surface area (Å²) in [5, 5.41) is 0. The molecule has 0 saturated heterocycles. The number of unbranched alkanes of at least 4 members (excludes halogenated alkanes) is 1. The van der Waals surface area contributed by atoms with E-state index in [0.717, 1.165) is 12.8 Å². The number of halogens is 1. The number of hydrogen-bond donors (Lipinski definition) is 1. The van der Waals surface area contributed by atoms with Gasteiger partial charge in [-0.1, -0.05) is 6.08 Å². The van der Waals surface area contributed by atoms with E-state index in [1.807, 2.05) is 6.08 Å². The van der Waals surface area contributed by atoms with Gasteiger partial charge in [0.1, 0.15) is 11.6 Å². The molecule has 3 heteroatoms. The number of ether oxygens (including phenoxy) is 1. The zero-order valence-corrected chi connectivity index (χ0v) is 8.71. The molecule has 0 amide bonds. The monoisotopic (exact) mass is 209 g/mol. The Morgan fingerprint density at radius 2 is 2.27 bits per heavy atom. The summed E-state index contributed by atoms with van der Waals surface area (Å²) >= 11 is 0. The highest BCUT2D eigenvalue weighted by molar-refractivity contribution is 5.33. The lowest BCUT2D eigenvalue weighted by molar-refractivity contribution is 0.308. The van der Waals surface area contributed by atoms with Crippen LogP contribution in [0.15, 0.2) is 30.9 Å². The van der Waals surface area contributed by atoms with E-state index in [0.29, 0.717) is 17.9 Å². The van der Waals surface area contributed by atoms with Gasteiger partial charge in [-0.25, -0.2) is 4.39 Å².